The van der Waals surface area contributed by atoms with Gasteiger partial charge < -0.3 is 10.5 Å². The lowest BCUT2D eigenvalue weighted by Crippen LogP contribution is -2.23. The summed E-state index contributed by atoms with van der Waals surface area (Å²) < 4.78 is 6.10. The Morgan fingerprint density at radius 1 is 1.18 bits per heavy atom. The van der Waals surface area contributed by atoms with Gasteiger partial charge in [-0.1, -0.05) is 12.1 Å². The molecule has 0 spiro atoms. The average molecular weight is 231 g/mol. The fraction of sp³-hybridized carbons (Fsp3) is 0.600. The maximum atomic E-state index is 6.10. The van der Waals surface area contributed by atoms with Crippen molar-refractivity contribution in [3.05, 3.63) is 29.8 Å². The SMILES string of the molecule is C[C@H](N)c1ccc(OC2CC3CCC2C3)cc1. The van der Waals surface area contributed by atoms with Crippen molar-refractivity contribution in [1.29, 1.82) is 0 Å². The Bertz CT molecular complexity index is 384. The van der Waals surface area contributed by atoms with Crippen molar-refractivity contribution >= 4 is 0 Å². The molecule has 92 valence electrons. The van der Waals surface area contributed by atoms with E-state index in [1.807, 2.05) is 6.92 Å². The monoisotopic (exact) mass is 231 g/mol. The second kappa shape index (κ2) is 4.34. The van der Waals surface area contributed by atoms with E-state index in [4.69, 9.17) is 10.5 Å². The minimum absolute atomic E-state index is 0.103. The van der Waals surface area contributed by atoms with Crippen LogP contribution in [0.4, 0.5) is 0 Å². The van der Waals surface area contributed by atoms with Crippen LogP contribution in [0.5, 0.6) is 5.75 Å². The smallest absolute Gasteiger partial charge is 0.119 e. The summed E-state index contributed by atoms with van der Waals surface area (Å²) in [6, 6.07) is 8.38. The quantitative estimate of drug-likeness (QED) is 0.866. The third-order valence-corrected chi connectivity index (χ3v) is 4.37. The Kier molecular flexibility index (Phi) is 2.83. The van der Waals surface area contributed by atoms with Gasteiger partial charge in [0, 0.05) is 6.04 Å². The molecule has 1 aromatic rings. The second-order valence-electron chi connectivity index (χ2n) is 5.69. The molecule has 0 aromatic heterocycles. The van der Waals surface area contributed by atoms with Gasteiger partial charge in [0.2, 0.25) is 0 Å². The number of benzene rings is 1. The predicted molar refractivity (Wildman–Crippen MR) is 68.9 cm³/mol. The van der Waals surface area contributed by atoms with Crippen LogP contribution in [0.25, 0.3) is 0 Å². The number of hydrogen-bond acceptors (Lipinski definition) is 2. The van der Waals surface area contributed by atoms with Crippen LogP contribution in [0.15, 0.2) is 24.3 Å². The molecule has 2 N–H and O–H groups in total. The Labute approximate surface area is 103 Å². The molecule has 2 nitrogen and oxygen atoms in total. The number of hydrogen-bond donors (Lipinski definition) is 1. The van der Waals surface area contributed by atoms with Crippen molar-refractivity contribution in [2.45, 2.75) is 44.8 Å². The highest BCUT2D eigenvalue weighted by atomic mass is 16.5. The summed E-state index contributed by atoms with van der Waals surface area (Å²) in [4.78, 5) is 0. The van der Waals surface area contributed by atoms with Crippen molar-refractivity contribution in [2.24, 2.45) is 17.6 Å². The van der Waals surface area contributed by atoms with Crippen LogP contribution in [0.2, 0.25) is 0 Å². The highest BCUT2D eigenvalue weighted by Gasteiger charge is 2.40. The molecule has 2 heteroatoms. The lowest BCUT2D eigenvalue weighted by atomic mass is 9.98. The summed E-state index contributed by atoms with van der Waals surface area (Å²) in [6.45, 7) is 2.01. The van der Waals surface area contributed by atoms with Gasteiger partial charge in [-0.05, 0) is 62.1 Å². The minimum atomic E-state index is 0.103. The molecule has 2 saturated carbocycles. The molecule has 2 bridgehead atoms. The minimum Gasteiger partial charge on any atom is -0.490 e. The van der Waals surface area contributed by atoms with Gasteiger partial charge in [0.15, 0.2) is 0 Å². The van der Waals surface area contributed by atoms with Gasteiger partial charge in [-0.2, -0.15) is 0 Å². The number of rotatable bonds is 3. The molecule has 3 rings (SSSR count). The summed E-state index contributed by atoms with van der Waals surface area (Å²) in [7, 11) is 0. The van der Waals surface area contributed by atoms with Crippen molar-refractivity contribution in [1.82, 2.24) is 0 Å². The van der Waals surface area contributed by atoms with Gasteiger partial charge in [-0.15, -0.1) is 0 Å². The number of ether oxygens (including phenoxy) is 1. The van der Waals surface area contributed by atoms with E-state index < -0.39 is 0 Å². The second-order valence-corrected chi connectivity index (χ2v) is 5.69. The largest absolute Gasteiger partial charge is 0.490 e. The van der Waals surface area contributed by atoms with Crippen LogP contribution in [0.1, 0.15) is 44.2 Å². The molecule has 0 aliphatic heterocycles. The van der Waals surface area contributed by atoms with Crippen LogP contribution in [0, 0.1) is 11.8 Å². The van der Waals surface area contributed by atoms with Gasteiger partial charge in [0.25, 0.3) is 0 Å². The summed E-state index contributed by atoms with van der Waals surface area (Å²) in [5, 5.41) is 0. The predicted octanol–water partition coefficient (Wildman–Crippen LogP) is 3.27. The summed E-state index contributed by atoms with van der Waals surface area (Å²) in [5.74, 6) is 2.76. The zero-order valence-corrected chi connectivity index (χ0v) is 10.4. The van der Waals surface area contributed by atoms with Gasteiger partial charge in [0.1, 0.15) is 11.9 Å². The zero-order valence-electron chi connectivity index (χ0n) is 10.4. The van der Waals surface area contributed by atoms with Crippen molar-refractivity contribution in [3.63, 3.8) is 0 Å². The maximum Gasteiger partial charge on any atom is 0.119 e. The van der Waals surface area contributed by atoms with Crippen LogP contribution >= 0.6 is 0 Å². The summed E-state index contributed by atoms with van der Waals surface area (Å²) in [6.07, 6.45) is 5.92. The molecule has 3 unspecified atom stereocenters. The molecular weight excluding hydrogens is 210 g/mol. The van der Waals surface area contributed by atoms with Gasteiger partial charge >= 0.3 is 0 Å². The molecule has 0 radical (unpaired) electrons. The third kappa shape index (κ3) is 2.19. The fourth-order valence-corrected chi connectivity index (χ4v) is 3.36. The Balaban J connectivity index is 1.65. The van der Waals surface area contributed by atoms with Crippen molar-refractivity contribution < 1.29 is 4.74 Å². The van der Waals surface area contributed by atoms with Crippen molar-refractivity contribution in [2.75, 3.05) is 0 Å². The first-order valence-corrected chi connectivity index (χ1v) is 6.74. The first-order valence-electron chi connectivity index (χ1n) is 6.74. The van der Waals surface area contributed by atoms with Crippen LogP contribution < -0.4 is 10.5 Å². The Morgan fingerprint density at radius 3 is 2.47 bits per heavy atom. The summed E-state index contributed by atoms with van der Waals surface area (Å²) in [5.41, 5.74) is 7.01. The molecule has 0 saturated heterocycles. The number of nitrogens with two attached hydrogens (primary N) is 1. The van der Waals surface area contributed by atoms with Gasteiger partial charge in [-0.25, -0.2) is 0 Å². The third-order valence-electron chi connectivity index (χ3n) is 4.37. The van der Waals surface area contributed by atoms with E-state index in [1.54, 1.807) is 0 Å². The average Bonchev–Trinajstić information content (AvgIpc) is 2.91. The fourth-order valence-electron chi connectivity index (χ4n) is 3.36. The molecule has 0 heterocycles. The van der Waals surface area contributed by atoms with Gasteiger partial charge in [0.05, 0.1) is 0 Å². The zero-order chi connectivity index (χ0) is 11.8. The van der Waals surface area contributed by atoms with Gasteiger partial charge in [-0.3, -0.25) is 0 Å². The first-order chi connectivity index (χ1) is 8.22. The Hall–Kier alpha value is -1.02. The van der Waals surface area contributed by atoms with Crippen LogP contribution in [0.3, 0.4) is 0 Å². The molecule has 2 aliphatic rings. The van der Waals surface area contributed by atoms with E-state index in [0.29, 0.717) is 6.10 Å². The van der Waals surface area contributed by atoms with Crippen LogP contribution in [-0.2, 0) is 0 Å². The molecule has 2 aliphatic carbocycles. The van der Waals surface area contributed by atoms with Crippen LogP contribution in [-0.4, -0.2) is 6.10 Å². The van der Waals surface area contributed by atoms with Crippen molar-refractivity contribution in [3.8, 4) is 5.75 Å². The van der Waals surface area contributed by atoms with E-state index in [1.165, 1.54) is 31.2 Å². The Morgan fingerprint density at radius 2 is 1.94 bits per heavy atom. The lowest BCUT2D eigenvalue weighted by Gasteiger charge is -2.23. The molecule has 4 atom stereocenters. The standard InChI is InChI=1S/C15H21NO/c1-10(16)12-4-6-14(7-5-12)17-15-9-11-2-3-13(15)8-11/h4-7,10-11,13,15H,2-3,8-9,16H2,1H3/t10-,11?,13?,15?/m0/s1. The number of fused-ring (bicyclic) bond motifs is 2. The molecule has 1 aromatic carbocycles. The molecule has 2 fully saturated rings. The van der Waals surface area contributed by atoms with E-state index >= 15 is 0 Å². The lowest BCUT2D eigenvalue weighted by molar-refractivity contribution is 0.138. The highest BCUT2D eigenvalue weighted by Crippen LogP contribution is 2.45. The summed E-state index contributed by atoms with van der Waals surface area (Å²) >= 11 is 0. The van der Waals surface area contributed by atoms with E-state index in [2.05, 4.69) is 24.3 Å². The normalized spacial score (nSPS) is 32.7. The molecule has 17 heavy (non-hydrogen) atoms. The van der Waals surface area contributed by atoms with E-state index in [9.17, 15) is 0 Å². The van der Waals surface area contributed by atoms with E-state index in [0.717, 1.165) is 17.6 Å². The molecular formula is C15H21NO. The maximum absolute atomic E-state index is 6.10. The first kappa shape index (κ1) is 11.1. The highest BCUT2D eigenvalue weighted by molar-refractivity contribution is 5.29. The van der Waals surface area contributed by atoms with E-state index in [-0.39, 0.29) is 6.04 Å². The molecule has 0 amide bonds. The topological polar surface area (TPSA) is 35.2 Å².